The lowest BCUT2D eigenvalue weighted by molar-refractivity contribution is -0.153. The average Bonchev–Trinajstić information content (AvgIpc) is 3.13. The molecule has 52 heavy (non-hydrogen) atoms. The lowest BCUT2D eigenvalue weighted by atomic mass is 10.0. The van der Waals surface area contributed by atoms with E-state index >= 15 is 0 Å². The van der Waals surface area contributed by atoms with Gasteiger partial charge < -0.3 is 20.1 Å². The van der Waals surface area contributed by atoms with Crippen molar-refractivity contribution < 1.29 is 32.8 Å². The van der Waals surface area contributed by atoms with Gasteiger partial charge in [-0.25, -0.2) is 4.57 Å². The van der Waals surface area contributed by atoms with Crippen molar-refractivity contribution in [1.29, 1.82) is 0 Å². The number of nitrogens with two attached hydrogens (primary N) is 1. The molecule has 0 aromatic carbocycles. The normalized spacial score (nSPS) is 13.5. The number of carbonyl (C=O) groups excluding carboxylic acids is 1. The molecule has 0 aliphatic carbocycles. The van der Waals surface area contributed by atoms with E-state index in [0.29, 0.717) is 6.42 Å². The second-order valence-corrected chi connectivity index (χ2v) is 16.4. The van der Waals surface area contributed by atoms with Crippen LogP contribution in [0.1, 0.15) is 226 Å². The van der Waals surface area contributed by atoms with Crippen LogP contribution < -0.4 is 5.73 Å². The maximum absolute atomic E-state index is 12.6. The lowest BCUT2D eigenvalue weighted by Gasteiger charge is -2.19. The highest BCUT2D eigenvalue weighted by Crippen LogP contribution is 2.43. The molecular weight excluding hydrogens is 673 g/mol. The fraction of sp³-hybridized carbons (Fsp3) is 0.930. The number of allylic oxidation sites excluding steroid dienone is 1. The summed E-state index contributed by atoms with van der Waals surface area (Å²) in [6.45, 7) is 4.28. The summed E-state index contributed by atoms with van der Waals surface area (Å²) in [5.41, 5.74) is 5.36. The molecule has 0 rings (SSSR count). The lowest BCUT2D eigenvalue weighted by Crippen LogP contribution is -2.27. The first-order valence-corrected chi connectivity index (χ1v) is 23.7. The molecular formula is C43H86NO7P. The minimum absolute atomic E-state index is 0.0386. The summed E-state index contributed by atoms with van der Waals surface area (Å²) < 4.78 is 33.2. The second-order valence-electron chi connectivity index (χ2n) is 15.0. The third kappa shape index (κ3) is 40.3. The number of hydrogen-bond acceptors (Lipinski definition) is 7. The molecule has 0 aliphatic rings. The van der Waals surface area contributed by atoms with E-state index in [4.69, 9.17) is 24.3 Å². The van der Waals surface area contributed by atoms with Gasteiger partial charge in [0, 0.05) is 13.0 Å². The number of carbonyl (C=O) groups is 1. The van der Waals surface area contributed by atoms with Crippen molar-refractivity contribution in [2.45, 2.75) is 232 Å². The van der Waals surface area contributed by atoms with E-state index in [1.165, 1.54) is 173 Å². The van der Waals surface area contributed by atoms with Crippen LogP contribution in [0.25, 0.3) is 0 Å². The highest BCUT2D eigenvalue weighted by atomic mass is 31.2. The van der Waals surface area contributed by atoms with Crippen molar-refractivity contribution in [3.8, 4) is 0 Å². The molecule has 0 aromatic rings. The average molecular weight is 760 g/mol. The standard InChI is InChI=1S/C43H86NO7P/c1-3-5-7-9-11-13-15-17-19-20-21-23-25-27-29-31-33-35-38-48-40-42(41-50-52(46,47)49-39-37-44)51-43(45)36-34-32-30-28-26-24-22-18-16-14-12-10-8-6-4-2/h35,38,42H,3-34,36-37,39-41,44H2,1-2H3,(H,46,47)/b38-35-/t42-/m1/s1. The van der Waals surface area contributed by atoms with Crippen LogP contribution in [0.3, 0.4) is 0 Å². The quantitative estimate of drug-likeness (QED) is 0.0273. The van der Waals surface area contributed by atoms with Crippen LogP contribution in [-0.2, 0) is 27.9 Å². The summed E-state index contributed by atoms with van der Waals surface area (Å²) in [6, 6.07) is 0. The Morgan fingerprint density at radius 1 is 0.577 bits per heavy atom. The minimum Gasteiger partial charge on any atom is -0.498 e. The number of phosphoric ester groups is 1. The van der Waals surface area contributed by atoms with E-state index in [1.807, 2.05) is 6.08 Å². The summed E-state index contributed by atoms with van der Waals surface area (Å²) in [5, 5.41) is 0. The zero-order valence-electron chi connectivity index (χ0n) is 34.3. The Morgan fingerprint density at radius 2 is 0.962 bits per heavy atom. The predicted octanol–water partition coefficient (Wildman–Crippen LogP) is 13.4. The van der Waals surface area contributed by atoms with E-state index in [1.54, 1.807) is 6.26 Å². The minimum atomic E-state index is -4.29. The molecule has 1 unspecified atom stereocenters. The van der Waals surface area contributed by atoms with Gasteiger partial charge in [0.25, 0.3) is 0 Å². The number of unbranched alkanes of at least 4 members (excludes halogenated alkanes) is 30. The Labute approximate surface area is 322 Å². The fourth-order valence-electron chi connectivity index (χ4n) is 6.49. The first-order valence-electron chi connectivity index (χ1n) is 22.2. The summed E-state index contributed by atoms with van der Waals surface area (Å²) in [7, 11) is -4.29. The Hall–Kier alpha value is -0.920. The monoisotopic (exact) mass is 760 g/mol. The highest BCUT2D eigenvalue weighted by molar-refractivity contribution is 7.47. The Bertz CT molecular complexity index is 812. The number of phosphoric acid groups is 1. The number of esters is 1. The molecule has 8 nitrogen and oxygen atoms in total. The predicted molar refractivity (Wildman–Crippen MR) is 219 cm³/mol. The Balaban J connectivity index is 4.02. The van der Waals surface area contributed by atoms with Crippen molar-refractivity contribution in [3.05, 3.63) is 12.3 Å². The summed E-state index contributed by atoms with van der Waals surface area (Å²) in [6.07, 6.45) is 44.6. The SMILES string of the molecule is CCCCCCCCCCCCCCCCCC/C=C\OC[C@H](COP(=O)(O)OCCN)OC(=O)CCCCCCCCCCCCCCCCC. The van der Waals surface area contributed by atoms with E-state index in [-0.39, 0.29) is 32.3 Å². The van der Waals surface area contributed by atoms with Gasteiger partial charge >= 0.3 is 13.8 Å². The largest absolute Gasteiger partial charge is 0.498 e. The summed E-state index contributed by atoms with van der Waals surface area (Å²) in [4.78, 5) is 22.4. The molecule has 0 saturated carbocycles. The molecule has 2 atom stereocenters. The van der Waals surface area contributed by atoms with Crippen molar-refractivity contribution in [2.75, 3.05) is 26.4 Å². The van der Waals surface area contributed by atoms with Crippen LogP contribution in [0.4, 0.5) is 0 Å². The van der Waals surface area contributed by atoms with Crippen LogP contribution in [0.2, 0.25) is 0 Å². The van der Waals surface area contributed by atoms with Gasteiger partial charge in [-0.2, -0.15) is 0 Å². The van der Waals surface area contributed by atoms with Gasteiger partial charge in [0.2, 0.25) is 0 Å². The van der Waals surface area contributed by atoms with Crippen molar-refractivity contribution in [3.63, 3.8) is 0 Å². The van der Waals surface area contributed by atoms with Crippen LogP contribution in [0, 0.1) is 0 Å². The highest BCUT2D eigenvalue weighted by Gasteiger charge is 2.25. The van der Waals surface area contributed by atoms with Gasteiger partial charge in [-0.3, -0.25) is 13.8 Å². The van der Waals surface area contributed by atoms with Gasteiger partial charge in [-0.1, -0.05) is 200 Å². The molecule has 0 aromatic heterocycles. The maximum Gasteiger partial charge on any atom is 0.472 e. The van der Waals surface area contributed by atoms with E-state index < -0.39 is 13.9 Å². The molecule has 0 bridgehead atoms. The molecule has 0 fully saturated rings. The second kappa shape index (κ2) is 41.2. The maximum atomic E-state index is 12.6. The molecule has 0 radical (unpaired) electrons. The molecule has 0 amide bonds. The van der Waals surface area contributed by atoms with E-state index in [2.05, 4.69) is 13.8 Å². The summed E-state index contributed by atoms with van der Waals surface area (Å²) in [5.74, 6) is -0.348. The molecule has 3 N–H and O–H groups in total. The molecule has 310 valence electrons. The van der Waals surface area contributed by atoms with E-state index in [0.717, 1.165) is 32.1 Å². The Morgan fingerprint density at radius 3 is 1.37 bits per heavy atom. The van der Waals surface area contributed by atoms with Crippen LogP contribution >= 0.6 is 7.82 Å². The first kappa shape index (κ1) is 51.1. The van der Waals surface area contributed by atoms with Gasteiger partial charge in [-0.05, 0) is 25.3 Å². The van der Waals surface area contributed by atoms with E-state index in [9.17, 15) is 14.3 Å². The zero-order chi connectivity index (χ0) is 38.1. The van der Waals surface area contributed by atoms with Crippen molar-refractivity contribution in [1.82, 2.24) is 0 Å². The topological polar surface area (TPSA) is 117 Å². The molecule has 0 aliphatic heterocycles. The van der Waals surface area contributed by atoms with Gasteiger partial charge in [0.1, 0.15) is 6.61 Å². The van der Waals surface area contributed by atoms with Gasteiger partial charge in [0.15, 0.2) is 6.10 Å². The number of hydrogen-bond donors (Lipinski definition) is 2. The first-order chi connectivity index (χ1) is 25.4. The van der Waals surface area contributed by atoms with Crippen LogP contribution in [0.5, 0.6) is 0 Å². The smallest absolute Gasteiger partial charge is 0.472 e. The molecule has 9 heteroatoms. The van der Waals surface area contributed by atoms with Gasteiger partial charge in [0.05, 0.1) is 19.5 Å². The zero-order valence-corrected chi connectivity index (χ0v) is 35.2. The molecule has 0 saturated heterocycles. The van der Waals surface area contributed by atoms with Crippen molar-refractivity contribution in [2.24, 2.45) is 5.73 Å². The van der Waals surface area contributed by atoms with Crippen LogP contribution in [-0.4, -0.2) is 43.3 Å². The molecule has 0 spiro atoms. The van der Waals surface area contributed by atoms with Gasteiger partial charge in [-0.15, -0.1) is 0 Å². The molecule has 0 heterocycles. The summed E-state index contributed by atoms with van der Waals surface area (Å²) >= 11 is 0. The third-order valence-electron chi connectivity index (χ3n) is 9.78. The van der Waals surface area contributed by atoms with Crippen LogP contribution in [0.15, 0.2) is 12.3 Å². The van der Waals surface area contributed by atoms with Crippen molar-refractivity contribution >= 4 is 13.8 Å². The Kier molecular flexibility index (Phi) is 40.5. The number of ether oxygens (including phenoxy) is 2. The third-order valence-corrected chi connectivity index (χ3v) is 10.8. The number of rotatable bonds is 43. The fourth-order valence-corrected chi connectivity index (χ4v) is 7.26.